The van der Waals surface area contributed by atoms with Crippen LogP contribution >= 0.6 is 12.4 Å². The first-order chi connectivity index (χ1) is 10.9. The molecule has 0 radical (unpaired) electrons. The third-order valence-corrected chi connectivity index (χ3v) is 4.62. The van der Waals surface area contributed by atoms with Gasteiger partial charge in [0, 0.05) is 13.1 Å². The number of nitrogens with zero attached hydrogens (tertiary/aromatic N) is 2. The van der Waals surface area contributed by atoms with E-state index in [1.807, 2.05) is 12.1 Å². The molecule has 122 valence electrons. The molecule has 2 aromatic rings. The average Bonchev–Trinajstić information content (AvgIpc) is 2.59. The lowest BCUT2D eigenvalue weighted by Crippen LogP contribution is -2.37. The van der Waals surface area contributed by atoms with E-state index in [1.54, 1.807) is 0 Å². The second-order valence-corrected chi connectivity index (χ2v) is 6.09. The number of rotatable bonds is 3. The first-order valence-electron chi connectivity index (χ1n) is 8.28. The van der Waals surface area contributed by atoms with Crippen molar-refractivity contribution in [1.82, 2.24) is 4.90 Å². The van der Waals surface area contributed by atoms with Crippen LogP contribution in [0.4, 0.5) is 11.4 Å². The van der Waals surface area contributed by atoms with Crippen molar-refractivity contribution >= 4 is 23.8 Å². The van der Waals surface area contributed by atoms with Crippen molar-refractivity contribution in [2.45, 2.75) is 19.3 Å². The van der Waals surface area contributed by atoms with Crippen molar-refractivity contribution in [2.24, 2.45) is 0 Å². The number of halogens is 1. The maximum Gasteiger partial charge on any atom is 0.151 e. The number of para-hydroxylation sites is 4. The van der Waals surface area contributed by atoms with Gasteiger partial charge in [-0.05, 0) is 50.2 Å². The molecule has 4 heteroatoms. The van der Waals surface area contributed by atoms with Crippen molar-refractivity contribution in [3.63, 3.8) is 0 Å². The molecule has 0 aromatic heterocycles. The summed E-state index contributed by atoms with van der Waals surface area (Å²) in [6, 6.07) is 16.7. The van der Waals surface area contributed by atoms with Gasteiger partial charge in [0.25, 0.3) is 0 Å². The highest BCUT2D eigenvalue weighted by Gasteiger charge is 2.24. The molecular weight excluding hydrogens is 308 g/mol. The number of fused-ring (bicyclic) bond motifs is 2. The van der Waals surface area contributed by atoms with Crippen molar-refractivity contribution in [2.75, 3.05) is 31.1 Å². The number of piperidine rings is 1. The summed E-state index contributed by atoms with van der Waals surface area (Å²) in [6.45, 7) is 4.61. The average molecular weight is 331 g/mol. The zero-order valence-corrected chi connectivity index (χ0v) is 14.1. The molecular formula is C19H23ClN2O. The molecule has 0 N–H and O–H groups in total. The normalized spacial score (nSPS) is 16.8. The second-order valence-electron chi connectivity index (χ2n) is 6.09. The fraction of sp³-hybridized carbons (Fsp3) is 0.368. The molecule has 4 rings (SSSR count). The molecule has 0 aliphatic carbocycles. The van der Waals surface area contributed by atoms with Gasteiger partial charge < -0.3 is 14.5 Å². The largest absolute Gasteiger partial charge is 0.453 e. The van der Waals surface area contributed by atoms with Crippen LogP contribution in [0, 0.1) is 0 Å². The molecule has 0 unspecified atom stereocenters. The molecule has 1 saturated heterocycles. The summed E-state index contributed by atoms with van der Waals surface area (Å²) in [5.74, 6) is 1.92. The Morgan fingerprint density at radius 3 is 1.91 bits per heavy atom. The quantitative estimate of drug-likeness (QED) is 0.801. The van der Waals surface area contributed by atoms with E-state index < -0.39 is 0 Å². The lowest BCUT2D eigenvalue weighted by molar-refractivity contribution is 0.234. The highest BCUT2D eigenvalue weighted by Crippen LogP contribution is 2.45. The highest BCUT2D eigenvalue weighted by molar-refractivity contribution is 5.85. The van der Waals surface area contributed by atoms with Gasteiger partial charge in [-0.25, -0.2) is 0 Å². The van der Waals surface area contributed by atoms with Gasteiger partial charge in [-0.15, -0.1) is 12.4 Å². The zero-order valence-electron chi connectivity index (χ0n) is 13.3. The van der Waals surface area contributed by atoms with E-state index in [9.17, 15) is 0 Å². The predicted molar refractivity (Wildman–Crippen MR) is 97.5 cm³/mol. The summed E-state index contributed by atoms with van der Waals surface area (Å²) < 4.78 is 6.04. The number of likely N-dealkylation sites (tertiary alicyclic amines) is 1. The highest BCUT2D eigenvalue weighted by atomic mass is 35.5. The predicted octanol–water partition coefficient (Wildman–Crippen LogP) is 4.84. The van der Waals surface area contributed by atoms with E-state index in [0.29, 0.717) is 0 Å². The van der Waals surface area contributed by atoms with Gasteiger partial charge in [0.15, 0.2) is 11.5 Å². The number of benzene rings is 2. The third kappa shape index (κ3) is 3.31. The number of hydrogen-bond acceptors (Lipinski definition) is 3. The van der Waals surface area contributed by atoms with Gasteiger partial charge in [-0.2, -0.15) is 0 Å². The van der Waals surface area contributed by atoms with Gasteiger partial charge in [0.05, 0.1) is 11.4 Å². The van der Waals surface area contributed by atoms with Crippen LogP contribution in [0.3, 0.4) is 0 Å². The Labute approximate surface area is 144 Å². The summed E-state index contributed by atoms with van der Waals surface area (Å²) in [4.78, 5) is 4.99. The lowest BCUT2D eigenvalue weighted by atomic mass is 10.1. The van der Waals surface area contributed by atoms with E-state index >= 15 is 0 Å². The van der Waals surface area contributed by atoms with E-state index in [4.69, 9.17) is 4.74 Å². The van der Waals surface area contributed by atoms with Crippen LogP contribution < -0.4 is 9.64 Å². The van der Waals surface area contributed by atoms with Crippen molar-refractivity contribution < 1.29 is 4.74 Å². The Morgan fingerprint density at radius 1 is 0.739 bits per heavy atom. The Balaban J connectivity index is 0.00000156. The Morgan fingerprint density at radius 2 is 1.30 bits per heavy atom. The molecule has 0 atom stereocenters. The molecule has 2 aliphatic rings. The monoisotopic (exact) mass is 330 g/mol. The first-order valence-corrected chi connectivity index (χ1v) is 8.28. The fourth-order valence-electron chi connectivity index (χ4n) is 3.45. The summed E-state index contributed by atoms with van der Waals surface area (Å²) in [6.07, 6.45) is 4.08. The molecule has 2 aliphatic heterocycles. The fourth-order valence-corrected chi connectivity index (χ4v) is 3.45. The van der Waals surface area contributed by atoms with Crippen LogP contribution in [0.15, 0.2) is 48.5 Å². The molecule has 0 spiro atoms. The van der Waals surface area contributed by atoms with Gasteiger partial charge >= 0.3 is 0 Å². The number of ether oxygens (including phenoxy) is 1. The SMILES string of the molecule is Cl.c1ccc2c(c1)Oc1ccccc1N2CCN1CCCCC1. The number of hydrogen-bond donors (Lipinski definition) is 0. The third-order valence-electron chi connectivity index (χ3n) is 4.62. The zero-order chi connectivity index (χ0) is 14.8. The molecule has 2 heterocycles. The minimum Gasteiger partial charge on any atom is -0.453 e. The molecule has 3 nitrogen and oxygen atoms in total. The van der Waals surface area contributed by atoms with E-state index in [-0.39, 0.29) is 12.4 Å². The van der Waals surface area contributed by atoms with Gasteiger partial charge in [-0.3, -0.25) is 0 Å². The van der Waals surface area contributed by atoms with E-state index in [1.165, 1.54) is 43.7 Å². The summed E-state index contributed by atoms with van der Waals surface area (Å²) in [5, 5.41) is 0. The minimum atomic E-state index is 0. The molecule has 1 fully saturated rings. The molecule has 23 heavy (non-hydrogen) atoms. The standard InChI is InChI=1S/C19H22N2O.ClH/c1-6-12-20(13-7-1)14-15-21-16-8-2-4-10-18(16)22-19-11-5-3-9-17(19)21;/h2-5,8-11H,1,6-7,12-15H2;1H. The second kappa shape index (κ2) is 7.24. The van der Waals surface area contributed by atoms with Gasteiger partial charge in [0.2, 0.25) is 0 Å². The van der Waals surface area contributed by atoms with Gasteiger partial charge in [-0.1, -0.05) is 30.7 Å². The summed E-state index contributed by atoms with van der Waals surface area (Å²) in [5.41, 5.74) is 2.36. The van der Waals surface area contributed by atoms with Crippen molar-refractivity contribution in [1.29, 1.82) is 0 Å². The molecule has 0 bridgehead atoms. The van der Waals surface area contributed by atoms with Crippen LogP contribution in [0.2, 0.25) is 0 Å². The van der Waals surface area contributed by atoms with Gasteiger partial charge in [0.1, 0.15) is 0 Å². The maximum absolute atomic E-state index is 6.04. The minimum absolute atomic E-state index is 0. The maximum atomic E-state index is 6.04. The van der Waals surface area contributed by atoms with Crippen LogP contribution in [-0.4, -0.2) is 31.1 Å². The molecule has 2 aromatic carbocycles. The van der Waals surface area contributed by atoms with Crippen LogP contribution in [0.25, 0.3) is 0 Å². The van der Waals surface area contributed by atoms with E-state index in [0.717, 1.165) is 24.6 Å². The molecule has 0 saturated carbocycles. The van der Waals surface area contributed by atoms with Crippen molar-refractivity contribution in [3.05, 3.63) is 48.5 Å². The number of anilines is 2. The van der Waals surface area contributed by atoms with Crippen LogP contribution in [0.1, 0.15) is 19.3 Å². The topological polar surface area (TPSA) is 15.7 Å². The van der Waals surface area contributed by atoms with Crippen LogP contribution in [-0.2, 0) is 0 Å². The van der Waals surface area contributed by atoms with E-state index in [2.05, 4.69) is 46.2 Å². The van der Waals surface area contributed by atoms with Crippen LogP contribution in [0.5, 0.6) is 11.5 Å². The smallest absolute Gasteiger partial charge is 0.151 e. The Hall–Kier alpha value is -1.71. The first kappa shape index (κ1) is 16.2. The Kier molecular flexibility index (Phi) is 5.09. The van der Waals surface area contributed by atoms with Crippen molar-refractivity contribution in [3.8, 4) is 11.5 Å². The molecule has 0 amide bonds. The lowest BCUT2D eigenvalue weighted by Gasteiger charge is -2.35. The summed E-state index contributed by atoms with van der Waals surface area (Å²) in [7, 11) is 0. The summed E-state index contributed by atoms with van der Waals surface area (Å²) >= 11 is 0. The Bertz CT molecular complexity index is 610.